The summed E-state index contributed by atoms with van der Waals surface area (Å²) in [5, 5.41) is 3.83. The Labute approximate surface area is 247 Å². The van der Waals surface area contributed by atoms with Crippen LogP contribution < -0.4 is 5.32 Å². The van der Waals surface area contributed by atoms with E-state index in [4.69, 9.17) is 25.5 Å². The molecule has 42 heavy (non-hydrogen) atoms. The summed E-state index contributed by atoms with van der Waals surface area (Å²) < 4.78 is 30.7. The van der Waals surface area contributed by atoms with Crippen LogP contribution in [0.5, 0.6) is 0 Å². The number of methoxy groups -OCH3 is 1. The second-order valence-electron chi connectivity index (χ2n) is 10.4. The van der Waals surface area contributed by atoms with Gasteiger partial charge in [-0.1, -0.05) is 78.3 Å². The molecule has 0 radical (unpaired) electrons. The van der Waals surface area contributed by atoms with Gasteiger partial charge < -0.3 is 13.9 Å². The fourth-order valence-electron chi connectivity index (χ4n) is 5.28. The summed E-state index contributed by atoms with van der Waals surface area (Å²) >= 11 is 6.27. The van der Waals surface area contributed by atoms with Crippen molar-refractivity contribution in [2.45, 2.75) is 31.3 Å². The molecule has 1 aromatic heterocycles. The van der Waals surface area contributed by atoms with Gasteiger partial charge in [-0.2, -0.15) is 0 Å². The van der Waals surface area contributed by atoms with Crippen LogP contribution in [0.15, 0.2) is 95.4 Å². The molecule has 1 saturated carbocycles. The number of carbonyl (C=O) groups excluding carboxylic acids is 2. The Morgan fingerprint density at radius 1 is 0.929 bits per heavy atom. The van der Waals surface area contributed by atoms with Gasteiger partial charge in [-0.05, 0) is 54.7 Å². The first-order valence-electron chi connectivity index (χ1n) is 13.5. The number of ether oxygens (including phenoxy) is 2. The van der Waals surface area contributed by atoms with Gasteiger partial charge >= 0.3 is 12.1 Å². The number of hydrogen-bond donors (Lipinski definition) is 1. The van der Waals surface area contributed by atoms with E-state index in [1.165, 1.54) is 19.2 Å². The van der Waals surface area contributed by atoms with E-state index in [-0.39, 0.29) is 5.97 Å². The number of anilines is 1. The molecule has 212 valence electrons. The van der Waals surface area contributed by atoms with Crippen LogP contribution in [0.2, 0.25) is 5.02 Å². The van der Waals surface area contributed by atoms with Crippen molar-refractivity contribution in [3.8, 4) is 22.5 Å². The van der Waals surface area contributed by atoms with Crippen molar-refractivity contribution in [3.63, 3.8) is 0 Å². The second-order valence-corrected chi connectivity index (χ2v) is 10.8. The molecule has 1 aliphatic carbocycles. The van der Waals surface area contributed by atoms with E-state index in [0.29, 0.717) is 38.6 Å². The second kappa shape index (κ2) is 11.0. The lowest BCUT2D eigenvalue weighted by atomic mass is 9.93. The molecule has 0 aliphatic heterocycles. The highest BCUT2D eigenvalue weighted by Gasteiger charge is 2.52. The van der Waals surface area contributed by atoms with Crippen molar-refractivity contribution in [2.75, 3.05) is 12.4 Å². The quantitative estimate of drug-likeness (QED) is 0.193. The number of amides is 1. The van der Waals surface area contributed by atoms with Crippen LogP contribution in [0.25, 0.3) is 33.4 Å². The molecule has 6 rings (SSSR count). The minimum Gasteiger partial charge on any atom is -0.468 e. The van der Waals surface area contributed by atoms with Crippen molar-refractivity contribution in [2.24, 2.45) is 0 Å². The molecule has 1 heterocycles. The number of hydrogen-bond acceptors (Lipinski definition) is 5. The fourth-order valence-corrected chi connectivity index (χ4v) is 5.57. The number of furan rings is 1. The highest BCUT2D eigenvalue weighted by Crippen LogP contribution is 2.49. The maximum atomic E-state index is 14.0. The smallest absolute Gasteiger partial charge is 0.412 e. The van der Waals surface area contributed by atoms with Gasteiger partial charge in [0, 0.05) is 27.6 Å². The first-order valence-corrected chi connectivity index (χ1v) is 13.9. The van der Waals surface area contributed by atoms with Crippen molar-refractivity contribution in [1.29, 1.82) is 0 Å². The van der Waals surface area contributed by atoms with Gasteiger partial charge in [0.1, 0.15) is 17.5 Å². The molecule has 8 heteroatoms. The topological polar surface area (TPSA) is 77.8 Å². The van der Waals surface area contributed by atoms with Crippen LogP contribution in [0, 0.1) is 5.82 Å². The number of nitrogens with one attached hydrogen (secondary N) is 1. The van der Waals surface area contributed by atoms with Gasteiger partial charge in [-0.25, -0.2) is 9.18 Å². The lowest BCUT2D eigenvalue weighted by Gasteiger charge is -2.15. The van der Waals surface area contributed by atoms with E-state index in [2.05, 4.69) is 5.32 Å². The van der Waals surface area contributed by atoms with Gasteiger partial charge in [0.2, 0.25) is 0 Å². The van der Waals surface area contributed by atoms with E-state index in [9.17, 15) is 14.0 Å². The minimum atomic E-state index is -0.701. The highest BCUT2D eigenvalue weighted by atomic mass is 35.5. The summed E-state index contributed by atoms with van der Waals surface area (Å²) in [5.74, 6) is -0.284. The van der Waals surface area contributed by atoms with E-state index < -0.39 is 23.4 Å². The molecule has 0 unspecified atom stereocenters. The Balaban J connectivity index is 1.26. The number of fused-ring (bicyclic) bond motifs is 1. The van der Waals surface area contributed by atoms with Crippen molar-refractivity contribution < 1.29 is 27.9 Å². The Morgan fingerprint density at radius 2 is 1.57 bits per heavy atom. The molecule has 0 saturated heterocycles. The van der Waals surface area contributed by atoms with E-state index in [0.717, 1.165) is 29.5 Å². The Hall–Kier alpha value is -4.62. The largest absolute Gasteiger partial charge is 0.468 e. The van der Waals surface area contributed by atoms with E-state index >= 15 is 0 Å². The summed E-state index contributed by atoms with van der Waals surface area (Å²) in [6.07, 6.45) is 0.272. The van der Waals surface area contributed by atoms with Gasteiger partial charge in [-0.15, -0.1) is 0 Å². The lowest BCUT2D eigenvalue weighted by Crippen LogP contribution is -2.21. The SMILES string of the molecule is COC(=O)C1(c2ccc(-c3ccc(-c4oc5cc(F)ccc5c4NC(=O)O[C@H](C)c4ccccc4Cl)cc3)cc2)CC1. The zero-order valence-corrected chi connectivity index (χ0v) is 23.7. The van der Waals surface area contributed by atoms with Crippen LogP contribution in [-0.4, -0.2) is 19.2 Å². The van der Waals surface area contributed by atoms with Crippen molar-refractivity contribution in [3.05, 3.63) is 113 Å². The molecular weight excluding hydrogens is 557 g/mol. The normalized spacial score (nSPS) is 14.3. The molecule has 1 N–H and O–H groups in total. The zero-order valence-electron chi connectivity index (χ0n) is 22.9. The van der Waals surface area contributed by atoms with Crippen LogP contribution in [0.4, 0.5) is 14.9 Å². The molecular formula is C34H27ClFNO5. The number of benzene rings is 4. The monoisotopic (exact) mass is 583 g/mol. The van der Waals surface area contributed by atoms with Gasteiger partial charge in [0.05, 0.1) is 18.2 Å². The number of carbonyl (C=O) groups is 2. The summed E-state index contributed by atoms with van der Waals surface area (Å²) in [6, 6.07) is 26.8. The van der Waals surface area contributed by atoms with Gasteiger partial charge in [0.25, 0.3) is 0 Å². The lowest BCUT2D eigenvalue weighted by molar-refractivity contribution is -0.143. The van der Waals surface area contributed by atoms with E-state index in [1.807, 2.05) is 54.6 Å². The fraction of sp³-hybridized carbons (Fsp3) is 0.176. The third-order valence-corrected chi connectivity index (χ3v) is 8.09. The maximum absolute atomic E-state index is 14.0. The summed E-state index contributed by atoms with van der Waals surface area (Å²) in [5.41, 5.74) is 4.39. The molecule has 6 nitrogen and oxygen atoms in total. The predicted molar refractivity (Wildman–Crippen MR) is 160 cm³/mol. The Morgan fingerprint density at radius 3 is 2.21 bits per heavy atom. The zero-order chi connectivity index (χ0) is 29.4. The summed E-state index contributed by atoms with van der Waals surface area (Å²) in [7, 11) is 1.42. The first kappa shape index (κ1) is 27.5. The maximum Gasteiger partial charge on any atom is 0.412 e. The van der Waals surface area contributed by atoms with Crippen LogP contribution in [0.3, 0.4) is 0 Å². The standard InChI is InChI=1S/C34H27ClFNO5/c1-20(26-5-3-4-6-28(26)35)41-33(39)37-30-27-16-15-25(36)19-29(27)42-31(30)23-9-7-21(8-10-23)22-11-13-24(14-12-22)34(17-18-34)32(38)40-2/h3-16,19-20H,17-18H2,1-2H3,(H,37,39)/t20-/m1/s1. The Bertz CT molecular complexity index is 1790. The molecule has 1 amide bonds. The molecule has 0 spiro atoms. The van der Waals surface area contributed by atoms with Gasteiger partial charge in [0.15, 0.2) is 5.76 Å². The van der Waals surface area contributed by atoms with Crippen LogP contribution in [-0.2, 0) is 19.7 Å². The Kier molecular flexibility index (Phi) is 7.21. The average molecular weight is 584 g/mol. The molecule has 1 fully saturated rings. The van der Waals surface area contributed by atoms with Crippen LogP contribution in [0.1, 0.15) is 37.0 Å². The van der Waals surface area contributed by atoms with Crippen molar-refractivity contribution >= 4 is 40.3 Å². The molecule has 4 aromatic carbocycles. The summed E-state index contributed by atoms with van der Waals surface area (Å²) in [6.45, 7) is 1.73. The predicted octanol–water partition coefficient (Wildman–Crippen LogP) is 9.07. The first-order chi connectivity index (χ1) is 20.3. The number of halogens is 2. The summed E-state index contributed by atoms with van der Waals surface area (Å²) in [4.78, 5) is 25.2. The van der Waals surface area contributed by atoms with Crippen molar-refractivity contribution in [1.82, 2.24) is 0 Å². The molecule has 1 aliphatic rings. The van der Waals surface area contributed by atoms with Gasteiger partial charge in [-0.3, -0.25) is 10.1 Å². The number of esters is 1. The number of rotatable bonds is 7. The molecule has 1 atom stereocenters. The van der Waals surface area contributed by atoms with E-state index in [1.54, 1.807) is 31.2 Å². The minimum absolute atomic E-state index is 0.197. The third-order valence-electron chi connectivity index (χ3n) is 7.75. The van der Waals surface area contributed by atoms with Crippen LogP contribution >= 0.6 is 11.6 Å². The molecule has 5 aromatic rings. The molecule has 0 bridgehead atoms. The average Bonchev–Trinajstić information content (AvgIpc) is 3.74. The highest BCUT2D eigenvalue weighted by molar-refractivity contribution is 6.31. The third kappa shape index (κ3) is 5.12.